The molecule has 0 saturated carbocycles. The van der Waals surface area contributed by atoms with Crippen molar-refractivity contribution >= 4 is 0 Å². The third-order valence-electron chi connectivity index (χ3n) is 2.83. The maximum atomic E-state index is 4.08. The van der Waals surface area contributed by atoms with E-state index in [1.165, 1.54) is 11.1 Å². The Morgan fingerprint density at radius 2 is 2.00 bits per heavy atom. The van der Waals surface area contributed by atoms with Crippen LogP contribution in [0.4, 0.5) is 0 Å². The van der Waals surface area contributed by atoms with Crippen molar-refractivity contribution in [1.82, 2.24) is 0 Å². The number of rotatable bonds is 3. The topological polar surface area (TPSA) is 0 Å². The molecule has 0 spiro atoms. The van der Waals surface area contributed by atoms with Gasteiger partial charge >= 0.3 is 0 Å². The van der Waals surface area contributed by atoms with Crippen molar-refractivity contribution in [2.45, 2.75) is 27.2 Å². The van der Waals surface area contributed by atoms with Gasteiger partial charge in [-0.25, -0.2) is 0 Å². The summed E-state index contributed by atoms with van der Waals surface area (Å²) in [7, 11) is 0. The van der Waals surface area contributed by atoms with E-state index in [-0.39, 0.29) is 0 Å². The van der Waals surface area contributed by atoms with Crippen LogP contribution in [0.2, 0.25) is 0 Å². The molecule has 1 aliphatic rings. The lowest BCUT2D eigenvalue weighted by molar-refractivity contribution is 0.668. The predicted molar refractivity (Wildman–Crippen MR) is 68.7 cm³/mol. The van der Waals surface area contributed by atoms with Crippen LogP contribution in [0.15, 0.2) is 59.8 Å². The van der Waals surface area contributed by atoms with Gasteiger partial charge in [-0.15, -0.1) is 0 Å². The number of allylic oxidation sites excluding steroid dienone is 8. The summed E-state index contributed by atoms with van der Waals surface area (Å²) < 4.78 is 0. The Hall–Kier alpha value is -1.30. The first-order valence-electron chi connectivity index (χ1n) is 5.41. The second-order valence-corrected chi connectivity index (χ2v) is 4.41. The minimum Gasteiger partial charge on any atom is -0.0961 e. The van der Waals surface area contributed by atoms with Crippen LogP contribution >= 0.6 is 0 Å². The van der Waals surface area contributed by atoms with Gasteiger partial charge in [0, 0.05) is 0 Å². The van der Waals surface area contributed by atoms with Gasteiger partial charge in [0.05, 0.1) is 0 Å². The van der Waals surface area contributed by atoms with Crippen molar-refractivity contribution in [2.24, 2.45) is 5.92 Å². The van der Waals surface area contributed by atoms with Crippen LogP contribution in [0.5, 0.6) is 0 Å². The zero-order valence-corrected chi connectivity index (χ0v) is 10.0. The Bertz CT molecular complexity index is 361. The summed E-state index contributed by atoms with van der Waals surface area (Å²) in [6, 6.07) is 0. The molecule has 15 heavy (non-hydrogen) atoms. The summed E-state index contributed by atoms with van der Waals surface area (Å²) in [5, 5.41) is 0. The van der Waals surface area contributed by atoms with Crippen LogP contribution in [0.25, 0.3) is 0 Å². The van der Waals surface area contributed by atoms with E-state index in [9.17, 15) is 0 Å². The minimum absolute atomic E-state index is 0.639. The average molecular weight is 200 g/mol. The molecule has 0 nitrogen and oxygen atoms in total. The monoisotopic (exact) mass is 200 g/mol. The Morgan fingerprint density at radius 3 is 2.53 bits per heavy atom. The molecule has 1 atom stereocenters. The molecular weight excluding hydrogens is 180 g/mol. The highest BCUT2D eigenvalue weighted by Crippen LogP contribution is 2.28. The van der Waals surface area contributed by atoms with E-state index in [0.29, 0.717) is 5.92 Å². The van der Waals surface area contributed by atoms with Crippen molar-refractivity contribution in [1.29, 1.82) is 0 Å². The zero-order chi connectivity index (χ0) is 11.4. The minimum atomic E-state index is 0.639. The smallest absolute Gasteiger partial charge is 0.0191 e. The van der Waals surface area contributed by atoms with Gasteiger partial charge in [0.1, 0.15) is 0 Å². The molecule has 0 N–H and O–H groups in total. The van der Waals surface area contributed by atoms with Gasteiger partial charge in [-0.1, -0.05) is 55.5 Å². The molecule has 0 fully saturated rings. The predicted octanol–water partition coefficient (Wildman–Crippen LogP) is 4.59. The number of hydrogen-bond donors (Lipinski definition) is 0. The molecule has 0 aliphatic heterocycles. The van der Waals surface area contributed by atoms with Crippen molar-refractivity contribution in [3.05, 3.63) is 59.8 Å². The van der Waals surface area contributed by atoms with Crippen molar-refractivity contribution < 1.29 is 0 Å². The van der Waals surface area contributed by atoms with Crippen LogP contribution < -0.4 is 0 Å². The van der Waals surface area contributed by atoms with Gasteiger partial charge in [-0.3, -0.25) is 0 Å². The molecule has 0 bridgehead atoms. The third-order valence-corrected chi connectivity index (χ3v) is 2.83. The molecule has 0 amide bonds. The molecule has 1 unspecified atom stereocenters. The van der Waals surface area contributed by atoms with Gasteiger partial charge in [0.25, 0.3) is 0 Å². The highest BCUT2D eigenvalue weighted by molar-refractivity contribution is 5.44. The Balaban J connectivity index is 2.74. The SMILES string of the molecule is C=C(C)/C=C\C(=C)C1=CC=C(C)C(C)C1. The molecule has 1 rings (SSSR count). The van der Waals surface area contributed by atoms with Crippen LogP contribution in [-0.4, -0.2) is 0 Å². The normalized spacial score (nSPS) is 21.1. The molecule has 0 saturated heterocycles. The van der Waals surface area contributed by atoms with E-state index in [1.807, 2.05) is 13.0 Å². The van der Waals surface area contributed by atoms with Gasteiger partial charge in [0.2, 0.25) is 0 Å². The third kappa shape index (κ3) is 3.39. The molecule has 0 heteroatoms. The Kier molecular flexibility index (Phi) is 3.90. The molecule has 0 aromatic rings. The summed E-state index contributed by atoms with van der Waals surface area (Å²) >= 11 is 0. The molecule has 0 aromatic heterocycles. The van der Waals surface area contributed by atoms with E-state index in [2.05, 4.69) is 45.2 Å². The van der Waals surface area contributed by atoms with Crippen molar-refractivity contribution in [3.8, 4) is 0 Å². The molecule has 0 aromatic carbocycles. The van der Waals surface area contributed by atoms with E-state index in [4.69, 9.17) is 0 Å². The lowest BCUT2D eigenvalue weighted by Gasteiger charge is -2.19. The standard InChI is InChI=1S/C15H20/c1-11(2)6-7-13(4)15-9-8-12(3)14(5)10-15/h6-9,14H,1,4,10H2,2-3,5H3/b7-6-. The summed E-state index contributed by atoms with van der Waals surface area (Å²) in [4.78, 5) is 0. The van der Waals surface area contributed by atoms with Crippen LogP contribution in [0.3, 0.4) is 0 Å². The molecule has 80 valence electrons. The Labute approximate surface area is 93.4 Å². The lowest BCUT2D eigenvalue weighted by Crippen LogP contribution is -2.03. The second-order valence-electron chi connectivity index (χ2n) is 4.41. The number of hydrogen-bond acceptors (Lipinski definition) is 0. The molecule has 1 aliphatic carbocycles. The maximum absolute atomic E-state index is 4.08. The van der Waals surface area contributed by atoms with Gasteiger partial charge in [-0.2, -0.15) is 0 Å². The van der Waals surface area contributed by atoms with Crippen LogP contribution in [0.1, 0.15) is 27.2 Å². The summed E-state index contributed by atoms with van der Waals surface area (Å²) in [5.41, 5.74) is 4.96. The van der Waals surface area contributed by atoms with Crippen LogP contribution in [-0.2, 0) is 0 Å². The summed E-state index contributed by atoms with van der Waals surface area (Å²) in [6.07, 6.45) is 9.54. The fourth-order valence-electron chi connectivity index (χ4n) is 1.54. The van der Waals surface area contributed by atoms with E-state index < -0.39 is 0 Å². The first-order chi connectivity index (χ1) is 7.00. The van der Waals surface area contributed by atoms with E-state index in [1.54, 1.807) is 0 Å². The first-order valence-corrected chi connectivity index (χ1v) is 5.41. The molecule has 0 radical (unpaired) electrons. The van der Waals surface area contributed by atoms with Crippen molar-refractivity contribution in [3.63, 3.8) is 0 Å². The molecule has 0 heterocycles. The fourth-order valence-corrected chi connectivity index (χ4v) is 1.54. The van der Waals surface area contributed by atoms with E-state index in [0.717, 1.165) is 17.6 Å². The van der Waals surface area contributed by atoms with Gasteiger partial charge in [0.15, 0.2) is 0 Å². The lowest BCUT2D eigenvalue weighted by atomic mass is 9.86. The first kappa shape index (κ1) is 11.8. The zero-order valence-electron chi connectivity index (χ0n) is 10.0. The fraction of sp³-hybridized carbons (Fsp3) is 0.333. The van der Waals surface area contributed by atoms with Crippen LogP contribution in [0, 0.1) is 5.92 Å². The second kappa shape index (κ2) is 4.97. The maximum Gasteiger partial charge on any atom is -0.0191 e. The average Bonchev–Trinajstić information content (AvgIpc) is 2.18. The Morgan fingerprint density at radius 1 is 1.33 bits per heavy atom. The summed E-state index contributed by atoms with van der Waals surface area (Å²) in [5.74, 6) is 0.639. The van der Waals surface area contributed by atoms with Crippen molar-refractivity contribution in [2.75, 3.05) is 0 Å². The molecular formula is C15H20. The highest BCUT2D eigenvalue weighted by Gasteiger charge is 2.12. The summed E-state index contributed by atoms with van der Waals surface area (Å²) in [6.45, 7) is 14.4. The van der Waals surface area contributed by atoms with Gasteiger partial charge < -0.3 is 0 Å². The largest absolute Gasteiger partial charge is 0.0961 e. The quantitative estimate of drug-likeness (QED) is 0.585. The van der Waals surface area contributed by atoms with Gasteiger partial charge in [-0.05, 0) is 37.3 Å². The highest BCUT2D eigenvalue weighted by atomic mass is 14.2. The van der Waals surface area contributed by atoms with E-state index >= 15 is 0 Å².